The number of nitro benzene ring substituents is 1. The predicted molar refractivity (Wildman–Crippen MR) is 132 cm³/mol. The summed E-state index contributed by atoms with van der Waals surface area (Å²) in [5.74, 6) is 0.0347. The molecule has 170 valence electrons. The number of nitrogens with one attached hydrogen (secondary N) is 1. The first-order valence-electron chi connectivity index (χ1n) is 10.3. The molecule has 0 aliphatic heterocycles. The van der Waals surface area contributed by atoms with Crippen molar-refractivity contribution in [3.8, 4) is 0 Å². The molecular formula is C24H24BrN5O3. The van der Waals surface area contributed by atoms with Crippen molar-refractivity contribution in [2.24, 2.45) is 5.10 Å². The van der Waals surface area contributed by atoms with Crippen molar-refractivity contribution in [2.45, 2.75) is 33.2 Å². The van der Waals surface area contributed by atoms with Crippen LogP contribution in [0, 0.1) is 10.1 Å². The van der Waals surface area contributed by atoms with Crippen molar-refractivity contribution in [2.75, 3.05) is 0 Å². The van der Waals surface area contributed by atoms with Gasteiger partial charge in [0.2, 0.25) is 0 Å². The molecular weight excluding hydrogens is 486 g/mol. The van der Waals surface area contributed by atoms with Crippen LogP contribution < -0.4 is 5.43 Å². The third kappa shape index (κ3) is 6.69. The molecule has 8 nitrogen and oxygen atoms in total. The molecule has 0 unspecified atom stereocenters. The zero-order valence-corrected chi connectivity index (χ0v) is 20.1. The Hall–Kier alpha value is -3.59. The standard InChI is InChI=1S/C24H24BrN5O3/c1-16(2)20-8-4-18(5-9-20)12-17(3)13-26-27-24(31)23-22(25)15-29(28-23)14-19-6-10-21(11-7-19)30(32)33/h4-13,15-16H,14H2,1-3H3,(H,27,31)/b17-12+,26-13+. The van der Waals surface area contributed by atoms with Crippen LogP contribution in [0.4, 0.5) is 5.69 Å². The van der Waals surface area contributed by atoms with Gasteiger partial charge in [-0.15, -0.1) is 0 Å². The van der Waals surface area contributed by atoms with Crippen molar-refractivity contribution in [3.05, 3.63) is 97.3 Å². The van der Waals surface area contributed by atoms with E-state index in [0.717, 1.165) is 16.7 Å². The van der Waals surface area contributed by atoms with E-state index in [1.807, 2.05) is 13.0 Å². The predicted octanol–water partition coefficient (Wildman–Crippen LogP) is 5.54. The lowest BCUT2D eigenvalue weighted by Gasteiger charge is -2.05. The number of hydrogen-bond donors (Lipinski definition) is 1. The second-order valence-corrected chi connectivity index (χ2v) is 8.71. The highest BCUT2D eigenvalue weighted by Gasteiger charge is 2.15. The Bertz CT molecular complexity index is 1200. The van der Waals surface area contributed by atoms with Gasteiger partial charge in [0.1, 0.15) is 0 Å². The summed E-state index contributed by atoms with van der Waals surface area (Å²) < 4.78 is 2.10. The molecule has 1 amide bonds. The topological polar surface area (TPSA) is 102 Å². The monoisotopic (exact) mass is 509 g/mol. The second-order valence-electron chi connectivity index (χ2n) is 7.86. The largest absolute Gasteiger partial charge is 0.293 e. The Morgan fingerprint density at radius 1 is 1.21 bits per heavy atom. The maximum atomic E-state index is 12.5. The molecule has 1 N–H and O–H groups in total. The van der Waals surface area contributed by atoms with Gasteiger partial charge < -0.3 is 0 Å². The number of hydrazone groups is 1. The minimum absolute atomic E-state index is 0.0234. The van der Waals surface area contributed by atoms with Gasteiger partial charge >= 0.3 is 0 Å². The normalized spacial score (nSPS) is 11.8. The summed E-state index contributed by atoms with van der Waals surface area (Å²) in [6.07, 6.45) is 5.23. The number of allylic oxidation sites excluding steroid dienone is 1. The molecule has 33 heavy (non-hydrogen) atoms. The van der Waals surface area contributed by atoms with Gasteiger partial charge in [0.05, 0.1) is 22.2 Å². The van der Waals surface area contributed by atoms with Crippen LogP contribution in [0.5, 0.6) is 0 Å². The number of aromatic nitrogens is 2. The number of rotatable bonds is 8. The van der Waals surface area contributed by atoms with Gasteiger partial charge in [-0.2, -0.15) is 10.2 Å². The second kappa shape index (κ2) is 10.8. The summed E-state index contributed by atoms with van der Waals surface area (Å²) in [4.78, 5) is 22.8. The van der Waals surface area contributed by atoms with Gasteiger partial charge in [0.25, 0.3) is 11.6 Å². The highest BCUT2D eigenvalue weighted by atomic mass is 79.9. The summed E-state index contributed by atoms with van der Waals surface area (Å²) in [6.45, 7) is 6.58. The number of nitro groups is 1. The van der Waals surface area contributed by atoms with E-state index in [0.29, 0.717) is 16.9 Å². The summed E-state index contributed by atoms with van der Waals surface area (Å²) in [6, 6.07) is 14.5. The van der Waals surface area contributed by atoms with Crippen LogP contribution >= 0.6 is 15.9 Å². The molecule has 0 atom stereocenters. The minimum Gasteiger partial charge on any atom is -0.266 e. The molecule has 0 aliphatic carbocycles. The number of hydrogen-bond acceptors (Lipinski definition) is 5. The van der Waals surface area contributed by atoms with E-state index in [9.17, 15) is 14.9 Å². The quantitative estimate of drug-likeness (QED) is 0.244. The van der Waals surface area contributed by atoms with Crippen molar-refractivity contribution >= 4 is 39.8 Å². The van der Waals surface area contributed by atoms with E-state index in [2.05, 4.69) is 69.7 Å². The fraction of sp³-hybridized carbons (Fsp3) is 0.208. The number of nitrogens with zero attached hydrogens (tertiary/aromatic N) is 4. The zero-order chi connectivity index (χ0) is 24.0. The highest BCUT2D eigenvalue weighted by molar-refractivity contribution is 9.10. The Balaban J connectivity index is 1.60. The Kier molecular flexibility index (Phi) is 7.89. The SMILES string of the molecule is CC(/C=N/NC(=O)c1nn(Cc2ccc([N+](=O)[O-])cc2)cc1Br)=C\c1ccc(C(C)C)cc1. The number of non-ortho nitro benzene ring substituents is 1. The van der Waals surface area contributed by atoms with Crippen molar-refractivity contribution in [3.63, 3.8) is 0 Å². The van der Waals surface area contributed by atoms with E-state index in [1.54, 1.807) is 29.2 Å². The van der Waals surface area contributed by atoms with Crippen LogP contribution in [0.3, 0.4) is 0 Å². The molecule has 1 aromatic heterocycles. The summed E-state index contributed by atoms with van der Waals surface area (Å²) in [5, 5.41) is 19.1. The first-order valence-corrected chi connectivity index (χ1v) is 11.1. The van der Waals surface area contributed by atoms with Crippen LogP contribution in [0.2, 0.25) is 0 Å². The van der Waals surface area contributed by atoms with Crippen LogP contribution in [0.1, 0.15) is 53.9 Å². The van der Waals surface area contributed by atoms with E-state index in [1.165, 1.54) is 17.7 Å². The summed E-state index contributed by atoms with van der Waals surface area (Å²) >= 11 is 3.35. The van der Waals surface area contributed by atoms with Gasteiger partial charge in [-0.05, 0) is 51.0 Å². The average molecular weight is 510 g/mol. The Labute approximate surface area is 200 Å². The van der Waals surface area contributed by atoms with Crippen molar-refractivity contribution in [1.82, 2.24) is 15.2 Å². The molecule has 0 spiro atoms. The van der Waals surface area contributed by atoms with Crippen molar-refractivity contribution in [1.29, 1.82) is 0 Å². The minimum atomic E-state index is -0.449. The lowest BCUT2D eigenvalue weighted by atomic mass is 10.0. The molecule has 0 saturated heterocycles. The zero-order valence-electron chi connectivity index (χ0n) is 18.5. The summed E-state index contributed by atoms with van der Waals surface area (Å²) in [5.41, 5.74) is 6.75. The molecule has 2 aromatic carbocycles. The molecule has 3 rings (SSSR count). The molecule has 0 radical (unpaired) electrons. The first-order chi connectivity index (χ1) is 15.7. The van der Waals surface area contributed by atoms with E-state index >= 15 is 0 Å². The van der Waals surface area contributed by atoms with Crippen LogP contribution in [0.25, 0.3) is 6.08 Å². The number of amides is 1. The number of carbonyl (C=O) groups is 1. The third-order valence-electron chi connectivity index (χ3n) is 4.86. The molecule has 0 saturated carbocycles. The number of halogens is 1. The lowest BCUT2D eigenvalue weighted by molar-refractivity contribution is -0.384. The molecule has 9 heteroatoms. The molecule has 1 heterocycles. The van der Waals surface area contributed by atoms with E-state index < -0.39 is 10.8 Å². The van der Waals surface area contributed by atoms with Gasteiger partial charge in [-0.25, -0.2) is 5.43 Å². The van der Waals surface area contributed by atoms with Gasteiger partial charge in [-0.1, -0.05) is 56.3 Å². The van der Waals surface area contributed by atoms with Crippen LogP contribution in [-0.2, 0) is 6.54 Å². The van der Waals surface area contributed by atoms with Crippen molar-refractivity contribution < 1.29 is 9.72 Å². The molecule has 0 bridgehead atoms. The lowest BCUT2D eigenvalue weighted by Crippen LogP contribution is -2.19. The first kappa shape index (κ1) is 24.1. The van der Waals surface area contributed by atoms with Gasteiger partial charge in [0.15, 0.2) is 5.69 Å². The van der Waals surface area contributed by atoms with Gasteiger partial charge in [0, 0.05) is 18.3 Å². The van der Waals surface area contributed by atoms with Crippen LogP contribution in [-0.4, -0.2) is 26.8 Å². The van der Waals surface area contributed by atoms with Gasteiger partial charge in [-0.3, -0.25) is 19.6 Å². The maximum Gasteiger partial charge on any atom is 0.293 e. The molecule has 3 aromatic rings. The smallest absolute Gasteiger partial charge is 0.266 e. The van der Waals surface area contributed by atoms with Crippen LogP contribution in [0.15, 0.2) is 69.9 Å². The fourth-order valence-electron chi connectivity index (χ4n) is 3.07. The fourth-order valence-corrected chi connectivity index (χ4v) is 3.56. The number of benzene rings is 2. The average Bonchev–Trinajstić information content (AvgIpc) is 3.14. The number of carbonyl (C=O) groups excluding carboxylic acids is 1. The molecule has 0 aliphatic rings. The highest BCUT2D eigenvalue weighted by Crippen LogP contribution is 2.18. The third-order valence-corrected chi connectivity index (χ3v) is 5.44. The Morgan fingerprint density at radius 2 is 1.88 bits per heavy atom. The Morgan fingerprint density at radius 3 is 2.48 bits per heavy atom. The molecule has 0 fully saturated rings. The summed E-state index contributed by atoms with van der Waals surface area (Å²) in [7, 11) is 0. The maximum absolute atomic E-state index is 12.5. The van der Waals surface area contributed by atoms with E-state index in [-0.39, 0.29) is 11.4 Å². The van der Waals surface area contributed by atoms with E-state index in [4.69, 9.17) is 0 Å².